The summed E-state index contributed by atoms with van der Waals surface area (Å²) < 4.78 is 12.0. The van der Waals surface area contributed by atoms with Crippen molar-refractivity contribution in [2.75, 3.05) is 13.2 Å². The molecule has 2 fully saturated rings. The van der Waals surface area contributed by atoms with E-state index < -0.39 is 16.6 Å². The van der Waals surface area contributed by atoms with Gasteiger partial charge in [0.15, 0.2) is 0 Å². The standard InChI is InChI=1S/2C14H20BrNO3S/c1-4-19-12(17)10-5-8(2)14(18,9(3)6-10)13-16-7-11(15)20-13;1-4-19-11(17)9-5-6-14(18,13(2,3)7-9)12-16-8-10(15)20-12/h7-10,18H,4-6H2,1-3H3;8-9,18H,4-7H2,1-3H3. The smallest absolute Gasteiger partial charge is 0.308 e. The highest BCUT2D eigenvalue weighted by molar-refractivity contribution is 9.11. The van der Waals surface area contributed by atoms with Crippen LogP contribution in [-0.4, -0.2) is 45.3 Å². The molecular weight excluding hydrogens is 684 g/mol. The van der Waals surface area contributed by atoms with Crippen molar-refractivity contribution in [1.82, 2.24) is 9.97 Å². The summed E-state index contributed by atoms with van der Waals surface area (Å²) in [5, 5.41) is 23.6. The molecule has 0 bridgehead atoms. The highest BCUT2D eigenvalue weighted by Gasteiger charge is 2.52. The van der Waals surface area contributed by atoms with Crippen LogP contribution in [0.25, 0.3) is 0 Å². The molecule has 40 heavy (non-hydrogen) atoms. The normalized spacial score (nSPS) is 31.6. The molecular formula is C28H40Br2N2O6S2. The fourth-order valence-corrected chi connectivity index (χ4v) is 9.05. The molecule has 0 aromatic carbocycles. The Labute approximate surface area is 261 Å². The van der Waals surface area contributed by atoms with Crippen LogP contribution < -0.4 is 0 Å². The van der Waals surface area contributed by atoms with Gasteiger partial charge in [0.25, 0.3) is 0 Å². The van der Waals surface area contributed by atoms with Gasteiger partial charge >= 0.3 is 11.9 Å². The van der Waals surface area contributed by atoms with Crippen LogP contribution in [0.5, 0.6) is 0 Å². The summed E-state index contributed by atoms with van der Waals surface area (Å²) in [6.45, 7) is 12.4. The van der Waals surface area contributed by atoms with E-state index in [-0.39, 0.29) is 35.6 Å². The Balaban J connectivity index is 0.000000220. The van der Waals surface area contributed by atoms with Gasteiger partial charge in [0.2, 0.25) is 0 Å². The van der Waals surface area contributed by atoms with E-state index in [1.54, 1.807) is 12.4 Å². The molecule has 2 saturated carbocycles. The van der Waals surface area contributed by atoms with Crippen LogP contribution in [0, 0.1) is 29.1 Å². The minimum absolute atomic E-state index is 0.0290. The van der Waals surface area contributed by atoms with Gasteiger partial charge in [-0.05, 0) is 89.6 Å². The van der Waals surface area contributed by atoms with Crippen molar-refractivity contribution < 1.29 is 29.3 Å². The zero-order valence-electron chi connectivity index (χ0n) is 23.9. The lowest BCUT2D eigenvalue weighted by Crippen LogP contribution is -2.48. The van der Waals surface area contributed by atoms with Gasteiger partial charge < -0.3 is 19.7 Å². The summed E-state index contributed by atoms with van der Waals surface area (Å²) in [5.74, 6) is -0.605. The Morgan fingerprint density at radius 2 is 1.40 bits per heavy atom. The van der Waals surface area contributed by atoms with Gasteiger partial charge in [-0.2, -0.15) is 0 Å². The Kier molecular flexibility index (Phi) is 11.4. The molecule has 0 radical (unpaired) electrons. The first-order valence-corrected chi connectivity index (χ1v) is 16.9. The number of hydrogen-bond acceptors (Lipinski definition) is 10. The second kappa shape index (κ2) is 13.6. The van der Waals surface area contributed by atoms with Gasteiger partial charge in [-0.25, -0.2) is 9.97 Å². The molecule has 2 aromatic heterocycles. The number of aliphatic hydroxyl groups is 2. The Morgan fingerprint density at radius 1 is 0.925 bits per heavy atom. The number of esters is 2. The van der Waals surface area contributed by atoms with E-state index in [4.69, 9.17) is 9.47 Å². The Hall–Kier alpha value is -0.920. The predicted octanol–water partition coefficient (Wildman–Crippen LogP) is 6.82. The number of nitrogens with zero attached hydrogens (tertiary/aromatic N) is 2. The first-order valence-electron chi connectivity index (χ1n) is 13.7. The molecule has 2 N–H and O–H groups in total. The van der Waals surface area contributed by atoms with Gasteiger partial charge in [-0.3, -0.25) is 9.59 Å². The third-order valence-electron chi connectivity index (χ3n) is 8.40. The fourth-order valence-electron chi connectivity index (χ4n) is 6.02. The van der Waals surface area contributed by atoms with Crippen LogP contribution in [0.2, 0.25) is 0 Å². The zero-order valence-corrected chi connectivity index (χ0v) is 28.7. The van der Waals surface area contributed by atoms with Gasteiger partial charge in [-0.15, -0.1) is 22.7 Å². The van der Waals surface area contributed by atoms with E-state index in [2.05, 4.69) is 41.8 Å². The summed E-state index contributed by atoms with van der Waals surface area (Å²) in [4.78, 5) is 32.5. The Bertz CT molecular complexity index is 1100. The maximum Gasteiger partial charge on any atom is 0.308 e. The number of rotatable bonds is 6. The highest BCUT2D eigenvalue weighted by atomic mass is 79.9. The topological polar surface area (TPSA) is 119 Å². The van der Waals surface area contributed by atoms with Crippen LogP contribution in [0.1, 0.15) is 83.7 Å². The van der Waals surface area contributed by atoms with Crippen molar-refractivity contribution in [1.29, 1.82) is 0 Å². The monoisotopic (exact) mass is 722 g/mol. The maximum absolute atomic E-state index is 11.9. The average molecular weight is 725 g/mol. The molecule has 4 atom stereocenters. The molecule has 2 aliphatic rings. The van der Waals surface area contributed by atoms with E-state index >= 15 is 0 Å². The number of carbonyl (C=O) groups is 2. The minimum atomic E-state index is -0.979. The third-order valence-corrected chi connectivity index (χ3v) is 11.6. The quantitative estimate of drug-likeness (QED) is 0.312. The molecule has 224 valence electrons. The molecule has 0 aliphatic heterocycles. The molecule has 2 aliphatic carbocycles. The molecule has 12 heteroatoms. The molecule has 2 heterocycles. The lowest BCUT2D eigenvalue weighted by Gasteiger charge is -2.47. The van der Waals surface area contributed by atoms with E-state index in [9.17, 15) is 19.8 Å². The predicted molar refractivity (Wildman–Crippen MR) is 163 cm³/mol. The summed E-state index contributed by atoms with van der Waals surface area (Å²) >= 11 is 9.69. The van der Waals surface area contributed by atoms with Gasteiger partial charge in [0.1, 0.15) is 21.2 Å². The summed E-state index contributed by atoms with van der Waals surface area (Å²) in [5.41, 5.74) is -2.35. The number of aromatic nitrogens is 2. The van der Waals surface area contributed by atoms with Crippen molar-refractivity contribution in [3.63, 3.8) is 0 Å². The van der Waals surface area contributed by atoms with Crippen LogP contribution in [0.4, 0.5) is 0 Å². The molecule has 2 aromatic rings. The highest BCUT2D eigenvalue weighted by Crippen LogP contribution is 2.53. The van der Waals surface area contributed by atoms with Crippen LogP contribution in [0.3, 0.4) is 0 Å². The SMILES string of the molecule is CCOC(=O)C1CC(C)C(O)(c2ncc(Br)s2)C(C)C1.CCOC(=O)C1CCC(O)(c2ncc(Br)s2)C(C)(C)C1. The lowest BCUT2D eigenvalue weighted by molar-refractivity contribution is -0.161. The number of ether oxygens (including phenoxy) is 2. The summed E-state index contributed by atoms with van der Waals surface area (Å²) in [7, 11) is 0. The number of hydrogen-bond donors (Lipinski definition) is 2. The first-order chi connectivity index (χ1) is 18.7. The van der Waals surface area contributed by atoms with Crippen LogP contribution >= 0.6 is 54.5 Å². The molecule has 8 nitrogen and oxygen atoms in total. The van der Waals surface area contributed by atoms with E-state index in [1.165, 1.54) is 22.7 Å². The number of carbonyl (C=O) groups excluding carboxylic acids is 2. The second-order valence-electron chi connectivity index (χ2n) is 11.4. The third kappa shape index (κ3) is 6.99. The van der Waals surface area contributed by atoms with E-state index in [0.717, 1.165) is 17.6 Å². The zero-order chi connectivity index (χ0) is 29.9. The van der Waals surface area contributed by atoms with Crippen molar-refractivity contribution in [2.45, 2.75) is 84.8 Å². The fraction of sp³-hybridized carbons (Fsp3) is 0.714. The van der Waals surface area contributed by atoms with Crippen molar-refractivity contribution >= 4 is 66.5 Å². The van der Waals surface area contributed by atoms with E-state index in [0.29, 0.717) is 45.3 Å². The first kappa shape index (κ1) is 33.6. The summed E-state index contributed by atoms with van der Waals surface area (Å²) in [6, 6.07) is 0. The van der Waals surface area contributed by atoms with Crippen molar-refractivity contribution in [3.05, 3.63) is 30.0 Å². The van der Waals surface area contributed by atoms with E-state index in [1.807, 2.05) is 41.5 Å². The molecule has 4 rings (SSSR count). The second-order valence-corrected chi connectivity index (χ2v) is 16.2. The van der Waals surface area contributed by atoms with Crippen molar-refractivity contribution in [3.8, 4) is 0 Å². The summed E-state index contributed by atoms with van der Waals surface area (Å²) in [6.07, 6.45) is 6.48. The number of thiazole rings is 2. The average Bonchev–Trinajstić information content (AvgIpc) is 3.53. The van der Waals surface area contributed by atoms with Crippen LogP contribution in [0.15, 0.2) is 20.0 Å². The molecule has 0 spiro atoms. The van der Waals surface area contributed by atoms with Gasteiger partial charge in [0, 0.05) is 5.41 Å². The van der Waals surface area contributed by atoms with Gasteiger partial charge in [0.05, 0.1) is 45.0 Å². The molecule has 0 saturated heterocycles. The lowest BCUT2D eigenvalue weighted by atomic mass is 9.62. The molecule has 0 amide bonds. The van der Waals surface area contributed by atoms with Crippen molar-refractivity contribution in [2.24, 2.45) is 29.1 Å². The van der Waals surface area contributed by atoms with Crippen LogP contribution in [-0.2, 0) is 30.3 Å². The Morgan fingerprint density at radius 3 is 1.82 bits per heavy atom. The van der Waals surface area contributed by atoms with Gasteiger partial charge in [-0.1, -0.05) is 27.7 Å². The molecule has 4 unspecified atom stereocenters. The minimum Gasteiger partial charge on any atom is -0.466 e. The maximum atomic E-state index is 11.9. The largest absolute Gasteiger partial charge is 0.466 e. The number of halogens is 2.